The molecule has 1 aliphatic heterocycles. The molecule has 0 amide bonds. The first kappa shape index (κ1) is 11.5. The number of amidine groups is 1. The molecule has 0 radical (unpaired) electrons. The molecule has 1 saturated heterocycles. The number of likely N-dealkylation sites (tertiary alicyclic amines) is 1. The molecule has 1 fully saturated rings. The van der Waals surface area contributed by atoms with Gasteiger partial charge in [0, 0.05) is 25.0 Å². The molecule has 0 aromatic heterocycles. The van der Waals surface area contributed by atoms with Gasteiger partial charge in [-0.25, -0.2) is 0 Å². The fourth-order valence-corrected chi connectivity index (χ4v) is 2.59. The van der Waals surface area contributed by atoms with Crippen molar-refractivity contribution < 1.29 is 0 Å². The van der Waals surface area contributed by atoms with Crippen molar-refractivity contribution in [3.63, 3.8) is 0 Å². The highest BCUT2D eigenvalue weighted by molar-refractivity contribution is 5.77. The van der Waals surface area contributed by atoms with E-state index in [4.69, 9.17) is 11.1 Å². The summed E-state index contributed by atoms with van der Waals surface area (Å²) < 4.78 is 0. The Balaban J connectivity index is 2.55. The van der Waals surface area contributed by atoms with E-state index < -0.39 is 0 Å². The highest BCUT2D eigenvalue weighted by Gasteiger charge is 2.30. The van der Waals surface area contributed by atoms with Crippen LogP contribution in [0.4, 0.5) is 0 Å². The van der Waals surface area contributed by atoms with Gasteiger partial charge in [-0.15, -0.1) is 0 Å². The van der Waals surface area contributed by atoms with Gasteiger partial charge >= 0.3 is 0 Å². The fraction of sp³-hybridized carbons (Fsp3) is 0.909. The summed E-state index contributed by atoms with van der Waals surface area (Å²) >= 11 is 0. The molecule has 1 heterocycles. The lowest BCUT2D eigenvalue weighted by Gasteiger charge is -2.30. The number of hydrogen-bond acceptors (Lipinski definition) is 2. The maximum atomic E-state index is 7.36. The Labute approximate surface area is 87.2 Å². The van der Waals surface area contributed by atoms with Crippen LogP contribution in [-0.2, 0) is 0 Å². The molecular formula is C11H23N3. The molecule has 0 aromatic rings. The van der Waals surface area contributed by atoms with E-state index in [1.165, 1.54) is 13.0 Å². The van der Waals surface area contributed by atoms with Gasteiger partial charge in [-0.05, 0) is 25.7 Å². The zero-order valence-electron chi connectivity index (χ0n) is 9.59. The third kappa shape index (κ3) is 2.71. The number of rotatable bonds is 4. The Morgan fingerprint density at radius 1 is 1.57 bits per heavy atom. The second kappa shape index (κ2) is 4.78. The monoisotopic (exact) mass is 197 g/mol. The Kier molecular flexibility index (Phi) is 3.93. The van der Waals surface area contributed by atoms with Crippen molar-refractivity contribution in [2.24, 2.45) is 11.7 Å². The van der Waals surface area contributed by atoms with Crippen LogP contribution in [0.3, 0.4) is 0 Å². The van der Waals surface area contributed by atoms with Crippen LogP contribution >= 0.6 is 0 Å². The van der Waals surface area contributed by atoms with Crippen LogP contribution in [0.5, 0.6) is 0 Å². The van der Waals surface area contributed by atoms with Gasteiger partial charge in [0.1, 0.15) is 0 Å². The summed E-state index contributed by atoms with van der Waals surface area (Å²) in [6, 6.07) is 1.14. The van der Waals surface area contributed by atoms with Crippen LogP contribution in [0.1, 0.15) is 40.0 Å². The second-order valence-corrected chi connectivity index (χ2v) is 4.68. The first-order chi connectivity index (χ1) is 6.54. The lowest BCUT2D eigenvalue weighted by atomic mass is 10.1. The first-order valence-electron chi connectivity index (χ1n) is 5.63. The molecule has 3 unspecified atom stereocenters. The standard InChI is InChI=1S/C11H23N3/c1-4-10(6-11(12)13)14-7-8(2)5-9(14)3/h8-10H,4-7H2,1-3H3,(H3,12,13). The molecule has 0 aromatic carbocycles. The van der Waals surface area contributed by atoms with Gasteiger partial charge in [-0.1, -0.05) is 13.8 Å². The van der Waals surface area contributed by atoms with Crippen molar-refractivity contribution >= 4 is 5.84 Å². The third-order valence-corrected chi connectivity index (χ3v) is 3.23. The molecule has 82 valence electrons. The molecule has 0 spiro atoms. The van der Waals surface area contributed by atoms with Crippen molar-refractivity contribution in [1.29, 1.82) is 5.41 Å². The van der Waals surface area contributed by atoms with Gasteiger partial charge in [-0.2, -0.15) is 0 Å². The highest BCUT2D eigenvalue weighted by atomic mass is 15.2. The predicted molar refractivity (Wildman–Crippen MR) is 60.6 cm³/mol. The predicted octanol–water partition coefficient (Wildman–Crippen LogP) is 1.82. The molecular weight excluding hydrogens is 174 g/mol. The zero-order valence-corrected chi connectivity index (χ0v) is 9.59. The zero-order chi connectivity index (χ0) is 10.7. The highest BCUT2D eigenvalue weighted by Crippen LogP contribution is 2.26. The Morgan fingerprint density at radius 3 is 2.57 bits per heavy atom. The maximum absolute atomic E-state index is 7.36. The molecule has 3 atom stereocenters. The summed E-state index contributed by atoms with van der Waals surface area (Å²) in [6.07, 6.45) is 3.11. The minimum atomic E-state index is 0.323. The minimum absolute atomic E-state index is 0.323. The largest absolute Gasteiger partial charge is 0.388 e. The number of nitrogens with two attached hydrogens (primary N) is 1. The van der Waals surface area contributed by atoms with E-state index in [1.807, 2.05) is 0 Å². The van der Waals surface area contributed by atoms with Crippen molar-refractivity contribution in [1.82, 2.24) is 4.90 Å². The minimum Gasteiger partial charge on any atom is -0.388 e. The first-order valence-corrected chi connectivity index (χ1v) is 5.63. The van der Waals surface area contributed by atoms with E-state index in [-0.39, 0.29) is 0 Å². The molecule has 1 rings (SSSR count). The van der Waals surface area contributed by atoms with Crippen LogP contribution in [0.15, 0.2) is 0 Å². The third-order valence-electron chi connectivity index (χ3n) is 3.23. The normalized spacial score (nSPS) is 30.5. The quantitative estimate of drug-likeness (QED) is 0.533. The second-order valence-electron chi connectivity index (χ2n) is 4.68. The fourth-order valence-electron chi connectivity index (χ4n) is 2.59. The molecule has 1 aliphatic rings. The Hall–Kier alpha value is -0.570. The van der Waals surface area contributed by atoms with Crippen molar-refractivity contribution in [2.45, 2.75) is 52.1 Å². The summed E-state index contributed by atoms with van der Waals surface area (Å²) in [6.45, 7) is 7.94. The molecule has 3 nitrogen and oxygen atoms in total. The summed E-state index contributed by atoms with van der Waals surface area (Å²) in [7, 11) is 0. The molecule has 3 N–H and O–H groups in total. The van der Waals surface area contributed by atoms with E-state index in [2.05, 4.69) is 25.7 Å². The van der Waals surface area contributed by atoms with Crippen LogP contribution < -0.4 is 5.73 Å². The lowest BCUT2D eigenvalue weighted by molar-refractivity contribution is 0.185. The number of hydrogen-bond donors (Lipinski definition) is 2. The number of nitrogens with one attached hydrogen (secondary N) is 1. The topological polar surface area (TPSA) is 53.1 Å². The van der Waals surface area contributed by atoms with Gasteiger partial charge in [0.15, 0.2) is 0 Å². The lowest BCUT2D eigenvalue weighted by Crippen LogP contribution is -2.39. The maximum Gasteiger partial charge on any atom is 0.0921 e. The van der Waals surface area contributed by atoms with E-state index in [1.54, 1.807) is 0 Å². The van der Waals surface area contributed by atoms with E-state index in [0.29, 0.717) is 17.9 Å². The average molecular weight is 197 g/mol. The van der Waals surface area contributed by atoms with Crippen molar-refractivity contribution in [2.75, 3.05) is 6.54 Å². The summed E-state index contributed by atoms with van der Waals surface area (Å²) in [4.78, 5) is 2.52. The van der Waals surface area contributed by atoms with Crippen LogP contribution in [-0.4, -0.2) is 29.4 Å². The SMILES string of the molecule is CCC(CC(=N)N)N1CC(C)CC1C. The van der Waals surface area contributed by atoms with Crippen molar-refractivity contribution in [3.8, 4) is 0 Å². The molecule has 0 aliphatic carbocycles. The Morgan fingerprint density at radius 2 is 2.21 bits per heavy atom. The molecule has 0 saturated carbocycles. The van der Waals surface area contributed by atoms with Crippen molar-refractivity contribution in [3.05, 3.63) is 0 Å². The van der Waals surface area contributed by atoms with Gasteiger partial charge in [0.05, 0.1) is 5.84 Å². The van der Waals surface area contributed by atoms with E-state index in [0.717, 1.165) is 18.8 Å². The molecule has 3 heteroatoms. The summed E-state index contributed by atoms with van der Waals surface area (Å²) in [5, 5.41) is 7.36. The number of nitrogens with zero attached hydrogens (tertiary/aromatic N) is 1. The van der Waals surface area contributed by atoms with E-state index >= 15 is 0 Å². The van der Waals surface area contributed by atoms with Gasteiger partial charge in [-0.3, -0.25) is 10.3 Å². The van der Waals surface area contributed by atoms with Gasteiger partial charge < -0.3 is 5.73 Å². The Bertz CT molecular complexity index is 203. The molecule has 14 heavy (non-hydrogen) atoms. The van der Waals surface area contributed by atoms with Gasteiger partial charge in [0.25, 0.3) is 0 Å². The van der Waals surface area contributed by atoms with Crippen LogP contribution in [0.2, 0.25) is 0 Å². The molecule has 0 bridgehead atoms. The summed E-state index contributed by atoms with van der Waals surface area (Å²) in [5.74, 6) is 1.12. The summed E-state index contributed by atoms with van der Waals surface area (Å²) in [5.41, 5.74) is 5.47. The van der Waals surface area contributed by atoms with Crippen LogP contribution in [0, 0.1) is 11.3 Å². The van der Waals surface area contributed by atoms with Crippen LogP contribution in [0.25, 0.3) is 0 Å². The van der Waals surface area contributed by atoms with E-state index in [9.17, 15) is 0 Å². The van der Waals surface area contributed by atoms with Gasteiger partial charge in [0.2, 0.25) is 0 Å². The average Bonchev–Trinajstić information content (AvgIpc) is 2.41. The smallest absolute Gasteiger partial charge is 0.0921 e.